The van der Waals surface area contributed by atoms with Crippen LogP contribution in [0.1, 0.15) is 17.0 Å². The first kappa shape index (κ1) is 17.1. The van der Waals surface area contributed by atoms with Gasteiger partial charge < -0.3 is 4.57 Å². The van der Waals surface area contributed by atoms with Gasteiger partial charge in [0.2, 0.25) is 0 Å². The number of aromatic nitrogens is 1. The van der Waals surface area contributed by atoms with E-state index in [-0.39, 0.29) is 11.3 Å². The molecule has 2 N–H and O–H groups in total. The zero-order valence-electron chi connectivity index (χ0n) is 13.9. The molecule has 9 heteroatoms. The Morgan fingerprint density at radius 3 is 2.35 bits per heavy atom. The largest absolute Gasteiger partial charge is 0.328 e. The van der Waals surface area contributed by atoms with Gasteiger partial charge in [0.15, 0.2) is 0 Å². The van der Waals surface area contributed by atoms with E-state index >= 15 is 0 Å². The highest BCUT2D eigenvalue weighted by Crippen LogP contribution is 2.25. The average molecular weight is 354 g/mol. The van der Waals surface area contributed by atoms with E-state index in [1.165, 1.54) is 18.2 Å². The summed E-state index contributed by atoms with van der Waals surface area (Å²) in [7, 11) is 0. The highest BCUT2D eigenvalue weighted by molar-refractivity contribution is 6.31. The molecule has 0 atom stereocenters. The zero-order valence-corrected chi connectivity index (χ0v) is 13.9. The topological polar surface area (TPSA) is 123 Å². The predicted molar refractivity (Wildman–Crippen MR) is 91.6 cm³/mol. The number of benzene rings is 1. The third kappa shape index (κ3) is 2.97. The van der Waals surface area contributed by atoms with Crippen molar-refractivity contribution < 1.29 is 19.3 Å². The van der Waals surface area contributed by atoms with Crippen molar-refractivity contribution in [1.29, 1.82) is 0 Å². The van der Waals surface area contributed by atoms with Gasteiger partial charge in [-0.2, -0.15) is 0 Å². The standard InChI is InChI=1S/C17H14N4O5/c1-9-6-11(7-14-15(22)18-17(24)19-16(14)23)10(2)20(9)12-4-3-5-13(8-12)21(25)26/h3-8H,1-2H3,(H2,18,19,22,23,24). The molecule has 1 fully saturated rings. The highest BCUT2D eigenvalue weighted by Gasteiger charge is 2.28. The molecule has 9 nitrogen and oxygen atoms in total. The van der Waals surface area contributed by atoms with Crippen molar-refractivity contribution in [3.05, 3.63) is 63.0 Å². The third-order valence-corrected chi connectivity index (χ3v) is 4.01. The van der Waals surface area contributed by atoms with Crippen LogP contribution in [0.15, 0.2) is 35.9 Å². The fourth-order valence-corrected chi connectivity index (χ4v) is 2.84. The molecule has 4 amide bonds. The number of nitrogens with zero attached hydrogens (tertiary/aromatic N) is 2. The molecule has 0 radical (unpaired) electrons. The van der Waals surface area contributed by atoms with Crippen LogP contribution in [-0.4, -0.2) is 27.3 Å². The molecular weight excluding hydrogens is 340 g/mol. The Kier molecular flexibility index (Phi) is 4.13. The number of imide groups is 2. The van der Waals surface area contributed by atoms with Gasteiger partial charge in [0.1, 0.15) is 5.57 Å². The van der Waals surface area contributed by atoms with Crippen LogP contribution in [0.4, 0.5) is 10.5 Å². The van der Waals surface area contributed by atoms with Crippen LogP contribution < -0.4 is 10.6 Å². The van der Waals surface area contributed by atoms with Crippen molar-refractivity contribution in [3.8, 4) is 5.69 Å². The number of urea groups is 1. The van der Waals surface area contributed by atoms with Crippen LogP contribution in [0.25, 0.3) is 11.8 Å². The summed E-state index contributed by atoms with van der Waals surface area (Å²) in [4.78, 5) is 45.4. The summed E-state index contributed by atoms with van der Waals surface area (Å²) >= 11 is 0. The molecule has 0 spiro atoms. The van der Waals surface area contributed by atoms with Gasteiger partial charge in [-0.15, -0.1) is 0 Å². The van der Waals surface area contributed by atoms with Crippen molar-refractivity contribution >= 4 is 29.6 Å². The predicted octanol–water partition coefficient (Wildman–Crippen LogP) is 1.75. The maximum atomic E-state index is 11.9. The van der Waals surface area contributed by atoms with E-state index in [1.54, 1.807) is 36.6 Å². The third-order valence-electron chi connectivity index (χ3n) is 4.01. The van der Waals surface area contributed by atoms with E-state index in [2.05, 4.69) is 0 Å². The van der Waals surface area contributed by atoms with Crippen molar-refractivity contribution in [2.45, 2.75) is 13.8 Å². The minimum atomic E-state index is -0.862. The molecule has 1 aromatic carbocycles. The molecule has 0 unspecified atom stereocenters. The normalized spacial score (nSPS) is 14.1. The van der Waals surface area contributed by atoms with Crippen molar-refractivity contribution in [2.75, 3.05) is 0 Å². The molecule has 0 aliphatic carbocycles. The minimum Gasteiger partial charge on any atom is -0.318 e. The molecule has 2 aromatic rings. The summed E-state index contributed by atoms with van der Waals surface area (Å²) in [6.07, 6.45) is 1.38. The Balaban J connectivity index is 2.07. The number of nitro benzene ring substituents is 1. The van der Waals surface area contributed by atoms with E-state index in [1.807, 2.05) is 10.6 Å². The number of amides is 4. The number of rotatable bonds is 3. The molecule has 3 rings (SSSR count). The molecule has 1 aliphatic heterocycles. The molecular formula is C17H14N4O5. The summed E-state index contributed by atoms with van der Waals surface area (Å²) in [6.45, 7) is 3.57. The maximum absolute atomic E-state index is 11.9. The molecule has 26 heavy (non-hydrogen) atoms. The smallest absolute Gasteiger partial charge is 0.318 e. The second-order valence-electron chi connectivity index (χ2n) is 5.73. The van der Waals surface area contributed by atoms with Gasteiger partial charge in [-0.3, -0.25) is 30.3 Å². The number of hydrogen-bond acceptors (Lipinski definition) is 5. The lowest BCUT2D eigenvalue weighted by atomic mass is 10.1. The molecule has 0 bridgehead atoms. The SMILES string of the molecule is Cc1cc(C=C2C(=O)NC(=O)NC2=O)c(C)n1-c1cccc([N+](=O)[O-])c1. The number of nitrogens with one attached hydrogen (secondary N) is 2. The van der Waals surface area contributed by atoms with Crippen molar-refractivity contribution in [1.82, 2.24) is 15.2 Å². The number of carbonyl (C=O) groups is 3. The second-order valence-corrected chi connectivity index (χ2v) is 5.73. The van der Waals surface area contributed by atoms with Gasteiger partial charge in [-0.25, -0.2) is 4.79 Å². The number of non-ortho nitro benzene ring substituents is 1. The summed E-state index contributed by atoms with van der Waals surface area (Å²) in [5.74, 6) is -1.56. The van der Waals surface area contributed by atoms with E-state index in [4.69, 9.17) is 0 Å². The summed E-state index contributed by atoms with van der Waals surface area (Å²) in [6, 6.07) is 7.03. The number of aryl methyl sites for hydroxylation is 1. The molecule has 132 valence electrons. The van der Waals surface area contributed by atoms with Crippen LogP contribution in [0.5, 0.6) is 0 Å². The van der Waals surface area contributed by atoms with E-state index in [0.717, 1.165) is 5.69 Å². The Bertz CT molecular complexity index is 981. The lowest BCUT2D eigenvalue weighted by Crippen LogP contribution is -2.51. The number of nitro groups is 1. The summed E-state index contributed by atoms with van der Waals surface area (Å²) in [5.41, 5.74) is 2.40. The summed E-state index contributed by atoms with van der Waals surface area (Å²) < 4.78 is 1.78. The first-order chi connectivity index (χ1) is 12.3. The van der Waals surface area contributed by atoms with Gasteiger partial charge in [0, 0.05) is 23.5 Å². The fourth-order valence-electron chi connectivity index (χ4n) is 2.84. The van der Waals surface area contributed by atoms with Crippen molar-refractivity contribution in [3.63, 3.8) is 0 Å². The van der Waals surface area contributed by atoms with Gasteiger partial charge in [0.25, 0.3) is 17.5 Å². The Morgan fingerprint density at radius 2 is 1.73 bits per heavy atom. The Labute approximate surface area is 147 Å². The number of carbonyl (C=O) groups excluding carboxylic acids is 3. The van der Waals surface area contributed by atoms with Crippen LogP contribution >= 0.6 is 0 Å². The quantitative estimate of drug-likeness (QED) is 0.376. The van der Waals surface area contributed by atoms with Crippen LogP contribution in [0.2, 0.25) is 0 Å². The van der Waals surface area contributed by atoms with Gasteiger partial charge in [0.05, 0.1) is 10.6 Å². The minimum absolute atomic E-state index is 0.0422. The zero-order chi connectivity index (χ0) is 19.0. The molecule has 1 aliphatic rings. The molecule has 0 saturated carbocycles. The first-order valence-electron chi connectivity index (χ1n) is 7.60. The van der Waals surface area contributed by atoms with E-state index in [0.29, 0.717) is 16.9 Å². The Morgan fingerprint density at radius 1 is 1.08 bits per heavy atom. The average Bonchev–Trinajstić information content (AvgIpc) is 2.84. The summed E-state index contributed by atoms with van der Waals surface area (Å²) in [5, 5.41) is 15.0. The van der Waals surface area contributed by atoms with E-state index in [9.17, 15) is 24.5 Å². The second kappa shape index (κ2) is 6.28. The maximum Gasteiger partial charge on any atom is 0.328 e. The first-order valence-corrected chi connectivity index (χ1v) is 7.60. The van der Waals surface area contributed by atoms with Gasteiger partial charge in [-0.05, 0) is 37.6 Å². The molecule has 2 heterocycles. The highest BCUT2D eigenvalue weighted by atomic mass is 16.6. The van der Waals surface area contributed by atoms with Crippen LogP contribution in [0, 0.1) is 24.0 Å². The number of barbiturate groups is 1. The fraction of sp³-hybridized carbons (Fsp3) is 0.118. The lowest BCUT2D eigenvalue weighted by molar-refractivity contribution is -0.384. The number of hydrogen-bond donors (Lipinski definition) is 2. The molecule has 1 aromatic heterocycles. The van der Waals surface area contributed by atoms with Gasteiger partial charge >= 0.3 is 6.03 Å². The lowest BCUT2D eigenvalue weighted by Gasteiger charge is -2.14. The monoisotopic (exact) mass is 354 g/mol. The van der Waals surface area contributed by atoms with Crippen LogP contribution in [-0.2, 0) is 9.59 Å². The van der Waals surface area contributed by atoms with Gasteiger partial charge in [-0.1, -0.05) is 6.07 Å². The van der Waals surface area contributed by atoms with Crippen LogP contribution in [0.3, 0.4) is 0 Å². The van der Waals surface area contributed by atoms with E-state index < -0.39 is 22.8 Å². The Hall–Kier alpha value is -3.75. The van der Waals surface area contributed by atoms with Crippen molar-refractivity contribution in [2.24, 2.45) is 0 Å². The molecule has 1 saturated heterocycles.